The second kappa shape index (κ2) is 5.30. The highest BCUT2D eigenvalue weighted by molar-refractivity contribution is 5.29. The van der Waals surface area contributed by atoms with Crippen LogP contribution in [0.4, 0.5) is 4.39 Å². The van der Waals surface area contributed by atoms with E-state index in [4.69, 9.17) is 5.11 Å². The van der Waals surface area contributed by atoms with Crippen LogP contribution >= 0.6 is 0 Å². The van der Waals surface area contributed by atoms with Gasteiger partial charge in [-0.3, -0.25) is 4.90 Å². The Morgan fingerprint density at radius 1 is 1.38 bits per heavy atom. The van der Waals surface area contributed by atoms with Crippen molar-refractivity contribution >= 4 is 0 Å². The average molecular weight is 225 g/mol. The standard InChI is InChI=1S/C13H20FNO/c1-5-9(2)15(4)10(3)12-7-6-11(16)8-13(12)14/h6-10,16H,5H2,1-4H3. The quantitative estimate of drug-likeness (QED) is 0.849. The lowest BCUT2D eigenvalue weighted by molar-refractivity contribution is 0.189. The average Bonchev–Trinajstić information content (AvgIpc) is 2.26. The van der Waals surface area contributed by atoms with Crippen LogP contribution in [0.3, 0.4) is 0 Å². The number of phenols is 1. The Bertz CT molecular complexity index is 354. The molecule has 1 aromatic rings. The second-order valence-corrected chi connectivity index (χ2v) is 4.30. The Labute approximate surface area is 96.7 Å². The van der Waals surface area contributed by atoms with E-state index in [1.165, 1.54) is 6.07 Å². The van der Waals surface area contributed by atoms with Crippen molar-refractivity contribution in [3.8, 4) is 5.75 Å². The molecule has 2 atom stereocenters. The number of hydrogen-bond donors (Lipinski definition) is 1. The molecule has 0 aliphatic carbocycles. The summed E-state index contributed by atoms with van der Waals surface area (Å²) in [5, 5.41) is 9.16. The summed E-state index contributed by atoms with van der Waals surface area (Å²) in [6.45, 7) is 6.21. The lowest BCUT2D eigenvalue weighted by Gasteiger charge is -2.30. The van der Waals surface area contributed by atoms with Crippen molar-refractivity contribution in [3.05, 3.63) is 29.6 Å². The van der Waals surface area contributed by atoms with Gasteiger partial charge in [-0.2, -0.15) is 0 Å². The molecule has 0 spiro atoms. The van der Waals surface area contributed by atoms with Crippen molar-refractivity contribution in [1.82, 2.24) is 4.90 Å². The number of phenolic OH excluding ortho intramolecular Hbond substituents is 1. The summed E-state index contributed by atoms with van der Waals surface area (Å²) in [5.41, 5.74) is 0.626. The molecule has 0 bridgehead atoms. The van der Waals surface area contributed by atoms with Crippen molar-refractivity contribution in [1.29, 1.82) is 0 Å². The molecular weight excluding hydrogens is 205 g/mol. The van der Waals surface area contributed by atoms with Gasteiger partial charge in [-0.05, 0) is 33.4 Å². The van der Waals surface area contributed by atoms with E-state index in [0.29, 0.717) is 11.6 Å². The van der Waals surface area contributed by atoms with Gasteiger partial charge in [-0.15, -0.1) is 0 Å². The van der Waals surface area contributed by atoms with Crippen LogP contribution in [0.25, 0.3) is 0 Å². The van der Waals surface area contributed by atoms with Gasteiger partial charge in [0.05, 0.1) is 0 Å². The fourth-order valence-electron chi connectivity index (χ4n) is 1.74. The maximum Gasteiger partial charge on any atom is 0.131 e. The minimum absolute atomic E-state index is 0.00977. The van der Waals surface area contributed by atoms with Gasteiger partial charge in [0.25, 0.3) is 0 Å². The first-order valence-electron chi connectivity index (χ1n) is 5.67. The van der Waals surface area contributed by atoms with Crippen LogP contribution in [0.2, 0.25) is 0 Å². The summed E-state index contributed by atoms with van der Waals surface area (Å²) in [7, 11) is 1.99. The lowest BCUT2D eigenvalue weighted by Crippen LogP contribution is -2.31. The second-order valence-electron chi connectivity index (χ2n) is 4.30. The molecule has 2 nitrogen and oxygen atoms in total. The van der Waals surface area contributed by atoms with E-state index >= 15 is 0 Å². The molecule has 0 saturated heterocycles. The Kier molecular flexibility index (Phi) is 4.30. The smallest absolute Gasteiger partial charge is 0.131 e. The molecule has 0 heterocycles. The normalized spacial score (nSPS) is 15.1. The van der Waals surface area contributed by atoms with Crippen molar-refractivity contribution in [3.63, 3.8) is 0 Å². The van der Waals surface area contributed by atoms with Crippen LogP contribution in [0.5, 0.6) is 5.75 Å². The summed E-state index contributed by atoms with van der Waals surface area (Å²) in [4.78, 5) is 2.13. The Hall–Kier alpha value is -1.09. The fraction of sp³-hybridized carbons (Fsp3) is 0.538. The van der Waals surface area contributed by atoms with E-state index in [-0.39, 0.29) is 17.6 Å². The molecule has 1 rings (SSSR count). The number of hydrogen-bond acceptors (Lipinski definition) is 2. The third-order valence-electron chi connectivity index (χ3n) is 3.33. The van der Waals surface area contributed by atoms with Crippen molar-refractivity contribution in [2.75, 3.05) is 7.05 Å². The van der Waals surface area contributed by atoms with E-state index < -0.39 is 0 Å². The maximum absolute atomic E-state index is 13.6. The third kappa shape index (κ3) is 2.73. The van der Waals surface area contributed by atoms with Crippen LogP contribution in [0, 0.1) is 5.82 Å². The zero-order chi connectivity index (χ0) is 12.3. The van der Waals surface area contributed by atoms with Crippen molar-refractivity contribution in [2.45, 2.75) is 39.3 Å². The molecule has 16 heavy (non-hydrogen) atoms. The van der Waals surface area contributed by atoms with Gasteiger partial charge in [0, 0.05) is 23.7 Å². The summed E-state index contributed by atoms with van der Waals surface area (Å²) < 4.78 is 13.6. The van der Waals surface area contributed by atoms with Crippen LogP contribution in [0.1, 0.15) is 38.8 Å². The van der Waals surface area contributed by atoms with E-state index in [2.05, 4.69) is 18.7 Å². The molecule has 0 saturated carbocycles. The minimum atomic E-state index is -0.345. The summed E-state index contributed by atoms with van der Waals surface area (Å²) >= 11 is 0. The van der Waals surface area contributed by atoms with Gasteiger partial charge in [0.15, 0.2) is 0 Å². The van der Waals surface area contributed by atoms with Gasteiger partial charge in [-0.25, -0.2) is 4.39 Å². The Balaban J connectivity index is 2.91. The number of nitrogens with zero attached hydrogens (tertiary/aromatic N) is 1. The maximum atomic E-state index is 13.6. The Morgan fingerprint density at radius 2 is 2.00 bits per heavy atom. The van der Waals surface area contributed by atoms with Crippen molar-refractivity contribution < 1.29 is 9.50 Å². The number of halogens is 1. The zero-order valence-corrected chi connectivity index (χ0v) is 10.4. The fourth-order valence-corrected chi connectivity index (χ4v) is 1.74. The Morgan fingerprint density at radius 3 is 2.50 bits per heavy atom. The first-order valence-corrected chi connectivity index (χ1v) is 5.67. The molecule has 0 aliphatic heterocycles. The molecule has 0 radical (unpaired) electrons. The molecular formula is C13H20FNO. The van der Waals surface area contributed by atoms with E-state index in [9.17, 15) is 4.39 Å². The van der Waals surface area contributed by atoms with Gasteiger partial charge in [-0.1, -0.05) is 13.0 Å². The number of aromatic hydroxyl groups is 1. The highest BCUT2D eigenvalue weighted by Crippen LogP contribution is 2.26. The molecule has 0 amide bonds. The molecule has 3 heteroatoms. The minimum Gasteiger partial charge on any atom is -0.508 e. The summed E-state index contributed by atoms with van der Waals surface area (Å²) in [5.74, 6) is -0.373. The van der Waals surface area contributed by atoms with E-state index in [0.717, 1.165) is 12.5 Å². The molecule has 0 aromatic heterocycles. The summed E-state index contributed by atoms with van der Waals surface area (Å²) in [6, 6.07) is 4.75. The monoisotopic (exact) mass is 225 g/mol. The highest BCUT2D eigenvalue weighted by atomic mass is 19.1. The van der Waals surface area contributed by atoms with Crippen LogP contribution in [-0.2, 0) is 0 Å². The molecule has 90 valence electrons. The first kappa shape index (κ1) is 13.0. The lowest BCUT2D eigenvalue weighted by atomic mass is 10.0. The molecule has 2 unspecified atom stereocenters. The predicted molar refractivity (Wildman–Crippen MR) is 64.0 cm³/mol. The third-order valence-corrected chi connectivity index (χ3v) is 3.33. The molecule has 1 aromatic carbocycles. The van der Waals surface area contributed by atoms with E-state index in [1.54, 1.807) is 6.07 Å². The van der Waals surface area contributed by atoms with Gasteiger partial charge >= 0.3 is 0 Å². The molecule has 0 aliphatic rings. The van der Waals surface area contributed by atoms with Crippen LogP contribution in [0.15, 0.2) is 18.2 Å². The molecule has 0 fully saturated rings. The van der Waals surface area contributed by atoms with Gasteiger partial charge in [0.1, 0.15) is 11.6 Å². The highest BCUT2D eigenvalue weighted by Gasteiger charge is 2.19. The molecule has 1 N–H and O–H groups in total. The van der Waals surface area contributed by atoms with Crippen LogP contribution in [-0.4, -0.2) is 23.1 Å². The first-order chi connectivity index (χ1) is 7.47. The summed E-state index contributed by atoms with van der Waals surface area (Å²) in [6.07, 6.45) is 1.03. The van der Waals surface area contributed by atoms with Gasteiger partial charge < -0.3 is 5.11 Å². The SMILES string of the molecule is CCC(C)N(C)C(C)c1ccc(O)cc1F. The van der Waals surface area contributed by atoms with Gasteiger partial charge in [0.2, 0.25) is 0 Å². The topological polar surface area (TPSA) is 23.5 Å². The predicted octanol–water partition coefficient (Wildman–Crippen LogP) is 3.32. The largest absolute Gasteiger partial charge is 0.508 e. The number of benzene rings is 1. The van der Waals surface area contributed by atoms with Crippen LogP contribution < -0.4 is 0 Å². The number of rotatable bonds is 4. The zero-order valence-electron chi connectivity index (χ0n) is 10.4. The van der Waals surface area contributed by atoms with Crippen molar-refractivity contribution in [2.24, 2.45) is 0 Å². The van der Waals surface area contributed by atoms with E-state index in [1.807, 2.05) is 14.0 Å².